The van der Waals surface area contributed by atoms with Gasteiger partial charge in [-0.15, -0.1) is 0 Å². The Bertz CT molecular complexity index is 528. The van der Waals surface area contributed by atoms with Crippen LogP contribution in [-0.2, 0) is 13.6 Å². The van der Waals surface area contributed by atoms with Crippen molar-refractivity contribution in [1.82, 2.24) is 9.78 Å². The summed E-state index contributed by atoms with van der Waals surface area (Å²) in [5, 5.41) is 7.58. The molecule has 1 aromatic heterocycles. The number of aryl methyl sites for hydroxylation is 2. The number of hydrogen-bond donors (Lipinski definition) is 1. The van der Waals surface area contributed by atoms with E-state index < -0.39 is 0 Å². The molecule has 1 N–H and O–H groups in total. The molecule has 0 aliphatic carbocycles. The van der Waals surface area contributed by atoms with Crippen molar-refractivity contribution in [2.45, 2.75) is 13.5 Å². The molecule has 0 aliphatic heterocycles. The van der Waals surface area contributed by atoms with Gasteiger partial charge in [-0.25, -0.2) is 0 Å². The fourth-order valence-corrected chi connectivity index (χ4v) is 1.97. The van der Waals surface area contributed by atoms with Crippen LogP contribution in [-0.4, -0.2) is 23.9 Å². The minimum Gasteiger partial charge on any atom is -0.379 e. The van der Waals surface area contributed by atoms with Gasteiger partial charge in [-0.2, -0.15) is 5.10 Å². The molecule has 1 aromatic carbocycles. The average molecular weight is 244 g/mol. The summed E-state index contributed by atoms with van der Waals surface area (Å²) < 4.78 is 1.88. The molecular weight excluding hydrogens is 224 g/mol. The number of nitrogens with zero attached hydrogens (tertiary/aromatic N) is 3. The molecule has 0 fully saturated rings. The smallest absolute Gasteiger partial charge is 0.0571 e. The van der Waals surface area contributed by atoms with Crippen molar-refractivity contribution in [3.05, 3.63) is 41.7 Å². The van der Waals surface area contributed by atoms with E-state index in [4.69, 9.17) is 0 Å². The van der Waals surface area contributed by atoms with Gasteiger partial charge in [0.25, 0.3) is 0 Å². The molecule has 0 saturated heterocycles. The highest BCUT2D eigenvalue weighted by atomic mass is 15.3. The Morgan fingerprint density at radius 2 is 2.06 bits per heavy atom. The number of benzene rings is 1. The number of nitrogens with one attached hydrogen (secondary N) is 1. The van der Waals surface area contributed by atoms with Gasteiger partial charge in [0.1, 0.15) is 0 Å². The zero-order valence-electron chi connectivity index (χ0n) is 11.4. The van der Waals surface area contributed by atoms with Crippen LogP contribution in [0.3, 0.4) is 0 Å². The lowest BCUT2D eigenvalue weighted by Gasteiger charge is -2.17. The molecule has 2 aromatic rings. The molecule has 0 aliphatic rings. The van der Waals surface area contributed by atoms with Gasteiger partial charge in [0.2, 0.25) is 0 Å². The third-order valence-electron chi connectivity index (χ3n) is 3.09. The van der Waals surface area contributed by atoms with Gasteiger partial charge in [-0.1, -0.05) is 6.07 Å². The fraction of sp³-hybridized carbons (Fsp3) is 0.357. The van der Waals surface area contributed by atoms with Crippen LogP contribution in [0.4, 0.5) is 11.4 Å². The summed E-state index contributed by atoms with van der Waals surface area (Å²) >= 11 is 0. The maximum Gasteiger partial charge on any atom is 0.0571 e. The Kier molecular flexibility index (Phi) is 3.55. The summed E-state index contributed by atoms with van der Waals surface area (Å²) in [5.74, 6) is 0. The Morgan fingerprint density at radius 3 is 2.67 bits per heavy atom. The molecular formula is C14H20N4. The second kappa shape index (κ2) is 5.12. The molecule has 0 spiro atoms. The van der Waals surface area contributed by atoms with E-state index in [0.29, 0.717) is 0 Å². The molecule has 0 saturated carbocycles. The van der Waals surface area contributed by atoms with Crippen LogP contribution in [0.2, 0.25) is 0 Å². The fourth-order valence-electron chi connectivity index (χ4n) is 1.97. The molecule has 96 valence electrons. The zero-order valence-corrected chi connectivity index (χ0v) is 11.4. The molecule has 4 nitrogen and oxygen atoms in total. The molecule has 0 atom stereocenters. The second-order valence-corrected chi connectivity index (χ2v) is 4.70. The summed E-state index contributed by atoms with van der Waals surface area (Å²) in [6.45, 7) is 2.91. The van der Waals surface area contributed by atoms with Crippen molar-refractivity contribution < 1.29 is 0 Å². The van der Waals surface area contributed by atoms with Crippen LogP contribution in [0, 0.1) is 6.92 Å². The van der Waals surface area contributed by atoms with Crippen LogP contribution in [0.15, 0.2) is 30.5 Å². The first-order valence-electron chi connectivity index (χ1n) is 6.06. The molecule has 0 amide bonds. The first kappa shape index (κ1) is 12.5. The van der Waals surface area contributed by atoms with E-state index in [0.717, 1.165) is 12.2 Å². The predicted octanol–water partition coefficient (Wildman–Crippen LogP) is 2.41. The Balaban J connectivity index is 2.10. The highest BCUT2D eigenvalue weighted by Gasteiger charge is 2.03. The van der Waals surface area contributed by atoms with Crippen molar-refractivity contribution >= 4 is 11.4 Å². The minimum atomic E-state index is 0.784. The third kappa shape index (κ3) is 2.64. The van der Waals surface area contributed by atoms with Crippen LogP contribution in [0.1, 0.15) is 11.3 Å². The lowest BCUT2D eigenvalue weighted by Crippen LogP contribution is -2.11. The number of hydrogen-bond acceptors (Lipinski definition) is 3. The molecule has 4 heteroatoms. The standard InChI is InChI=1S/C14H20N4/c1-11-5-6-12(9-14(11)17(2)3)15-10-13-7-8-16-18(13)4/h5-9,15H,10H2,1-4H3. The van der Waals surface area contributed by atoms with E-state index in [1.54, 1.807) is 0 Å². The summed E-state index contributed by atoms with van der Waals surface area (Å²) in [5.41, 5.74) is 4.82. The van der Waals surface area contributed by atoms with E-state index in [1.165, 1.54) is 16.9 Å². The lowest BCUT2D eigenvalue weighted by molar-refractivity contribution is 0.720. The predicted molar refractivity (Wildman–Crippen MR) is 76.0 cm³/mol. The monoisotopic (exact) mass is 244 g/mol. The van der Waals surface area contributed by atoms with E-state index >= 15 is 0 Å². The van der Waals surface area contributed by atoms with Crippen LogP contribution < -0.4 is 10.2 Å². The lowest BCUT2D eigenvalue weighted by atomic mass is 10.1. The van der Waals surface area contributed by atoms with Crippen LogP contribution in [0.25, 0.3) is 0 Å². The van der Waals surface area contributed by atoms with Crippen molar-refractivity contribution in [3.8, 4) is 0 Å². The average Bonchev–Trinajstić information content (AvgIpc) is 2.73. The van der Waals surface area contributed by atoms with E-state index in [9.17, 15) is 0 Å². The van der Waals surface area contributed by atoms with Gasteiger partial charge in [-0.3, -0.25) is 4.68 Å². The van der Waals surface area contributed by atoms with E-state index in [-0.39, 0.29) is 0 Å². The Morgan fingerprint density at radius 1 is 1.28 bits per heavy atom. The van der Waals surface area contributed by atoms with Crippen LogP contribution >= 0.6 is 0 Å². The van der Waals surface area contributed by atoms with Crippen molar-refractivity contribution in [3.63, 3.8) is 0 Å². The minimum absolute atomic E-state index is 0.784. The largest absolute Gasteiger partial charge is 0.379 e. The molecule has 0 bridgehead atoms. The second-order valence-electron chi connectivity index (χ2n) is 4.70. The van der Waals surface area contributed by atoms with Gasteiger partial charge in [0, 0.05) is 38.7 Å². The van der Waals surface area contributed by atoms with Gasteiger partial charge in [0.05, 0.1) is 12.2 Å². The van der Waals surface area contributed by atoms with Crippen molar-refractivity contribution in [2.24, 2.45) is 7.05 Å². The summed E-state index contributed by atoms with van der Waals surface area (Å²) in [7, 11) is 6.08. The first-order valence-corrected chi connectivity index (χ1v) is 6.06. The summed E-state index contributed by atoms with van der Waals surface area (Å²) in [6.07, 6.45) is 1.82. The maximum atomic E-state index is 4.16. The molecule has 0 radical (unpaired) electrons. The topological polar surface area (TPSA) is 33.1 Å². The zero-order chi connectivity index (χ0) is 13.1. The van der Waals surface area contributed by atoms with E-state index in [2.05, 4.69) is 54.5 Å². The van der Waals surface area contributed by atoms with E-state index in [1.807, 2.05) is 24.0 Å². The first-order chi connectivity index (χ1) is 8.58. The van der Waals surface area contributed by atoms with Gasteiger partial charge in [0.15, 0.2) is 0 Å². The van der Waals surface area contributed by atoms with Crippen molar-refractivity contribution in [2.75, 3.05) is 24.3 Å². The van der Waals surface area contributed by atoms with Crippen LogP contribution in [0.5, 0.6) is 0 Å². The molecule has 1 heterocycles. The van der Waals surface area contributed by atoms with Gasteiger partial charge >= 0.3 is 0 Å². The van der Waals surface area contributed by atoms with Crippen molar-refractivity contribution in [1.29, 1.82) is 0 Å². The number of rotatable bonds is 4. The summed E-state index contributed by atoms with van der Waals surface area (Å²) in [6, 6.07) is 8.44. The summed E-state index contributed by atoms with van der Waals surface area (Å²) in [4.78, 5) is 2.13. The SMILES string of the molecule is Cc1ccc(NCc2ccnn2C)cc1N(C)C. The Labute approximate surface area is 108 Å². The quantitative estimate of drug-likeness (QED) is 0.896. The highest BCUT2D eigenvalue weighted by Crippen LogP contribution is 2.22. The Hall–Kier alpha value is -1.97. The number of aromatic nitrogens is 2. The normalized spacial score (nSPS) is 10.4. The number of anilines is 2. The highest BCUT2D eigenvalue weighted by molar-refractivity contribution is 5.61. The van der Waals surface area contributed by atoms with Gasteiger partial charge in [-0.05, 0) is 30.7 Å². The third-order valence-corrected chi connectivity index (χ3v) is 3.09. The van der Waals surface area contributed by atoms with Gasteiger partial charge < -0.3 is 10.2 Å². The molecule has 0 unspecified atom stereocenters. The maximum absolute atomic E-state index is 4.16. The molecule has 18 heavy (non-hydrogen) atoms. The molecule has 2 rings (SSSR count).